The Hall–Kier alpha value is -2.29. The summed E-state index contributed by atoms with van der Waals surface area (Å²) in [4.78, 5) is 11.0. The number of likely N-dealkylation sites (tertiary alicyclic amines) is 1. The molecule has 3 heterocycles. The monoisotopic (exact) mass is 440 g/mol. The molecule has 166 valence electrons. The van der Waals surface area contributed by atoms with E-state index in [0.29, 0.717) is 18.5 Å². The Morgan fingerprint density at radius 1 is 1.23 bits per heavy atom. The number of aromatic nitrogens is 3. The smallest absolute Gasteiger partial charge is 0.146 e. The van der Waals surface area contributed by atoms with Gasteiger partial charge in [0.05, 0.1) is 5.39 Å². The number of nitrogen functional groups attached to an aromatic ring is 1. The van der Waals surface area contributed by atoms with Crippen LogP contribution in [0.25, 0.3) is 22.2 Å². The fraction of sp³-hybridized carbons (Fsp3) is 0.478. The van der Waals surface area contributed by atoms with Crippen molar-refractivity contribution in [2.45, 2.75) is 31.7 Å². The molecular formula is C23H32N6OS. The number of nitrogens with one attached hydrogen (secondary N) is 1. The highest BCUT2D eigenvalue weighted by Gasteiger charge is 2.24. The molecule has 0 atom stereocenters. The van der Waals surface area contributed by atoms with E-state index in [2.05, 4.69) is 49.5 Å². The minimum absolute atomic E-state index is 0.512. The van der Waals surface area contributed by atoms with Crippen molar-refractivity contribution < 1.29 is 4.74 Å². The van der Waals surface area contributed by atoms with E-state index in [4.69, 9.17) is 10.5 Å². The van der Waals surface area contributed by atoms with Crippen molar-refractivity contribution in [1.29, 1.82) is 0 Å². The fourth-order valence-corrected chi connectivity index (χ4v) is 4.10. The van der Waals surface area contributed by atoms with E-state index in [1.165, 1.54) is 38.8 Å². The van der Waals surface area contributed by atoms with E-state index in [0.717, 1.165) is 34.5 Å². The molecule has 1 aliphatic carbocycles. The Morgan fingerprint density at radius 2 is 2.03 bits per heavy atom. The van der Waals surface area contributed by atoms with Crippen molar-refractivity contribution in [2.75, 3.05) is 45.3 Å². The van der Waals surface area contributed by atoms with Crippen LogP contribution in [0.2, 0.25) is 0 Å². The number of anilines is 1. The van der Waals surface area contributed by atoms with Crippen LogP contribution >= 0.6 is 11.9 Å². The lowest BCUT2D eigenvalue weighted by Gasteiger charge is -2.27. The van der Waals surface area contributed by atoms with Gasteiger partial charge >= 0.3 is 0 Å². The Labute approximate surface area is 188 Å². The van der Waals surface area contributed by atoms with Crippen molar-refractivity contribution >= 4 is 28.8 Å². The second-order valence-corrected chi connectivity index (χ2v) is 8.82. The topological polar surface area (TPSA) is 81.2 Å². The SMILES string of the molecule is CN1CCC1.CSNCCOc1cccc(-c2cn(C3CCC3)c3ncnc(N)c23)c1. The van der Waals surface area contributed by atoms with Gasteiger partial charge in [-0.1, -0.05) is 24.1 Å². The van der Waals surface area contributed by atoms with Gasteiger partial charge < -0.3 is 19.9 Å². The van der Waals surface area contributed by atoms with Crippen LogP contribution in [0.15, 0.2) is 36.8 Å². The van der Waals surface area contributed by atoms with Crippen LogP contribution in [0, 0.1) is 0 Å². The molecular weight excluding hydrogens is 408 g/mol. The Balaban J connectivity index is 0.000000407. The third-order valence-electron chi connectivity index (χ3n) is 5.95. The van der Waals surface area contributed by atoms with Gasteiger partial charge in [-0.25, -0.2) is 9.97 Å². The van der Waals surface area contributed by atoms with Crippen LogP contribution in [0.4, 0.5) is 5.82 Å². The maximum atomic E-state index is 6.21. The van der Waals surface area contributed by atoms with Crippen molar-refractivity contribution in [2.24, 2.45) is 0 Å². The number of ether oxygens (including phenoxy) is 1. The summed E-state index contributed by atoms with van der Waals surface area (Å²) >= 11 is 1.59. The molecule has 3 aromatic rings. The summed E-state index contributed by atoms with van der Waals surface area (Å²) in [6.45, 7) is 4.06. The van der Waals surface area contributed by atoms with Gasteiger partial charge in [-0.05, 0) is 69.8 Å². The van der Waals surface area contributed by atoms with Crippen LogP contribution in [0.3, 0.4) is 0 Å². The van der Waals surface area contributed by atoms with E-state index in [-0.39, 0.29) is 0 Å². The number of hydrogen-bond donors (Lipinski definition) is 2. The molecule has 0 unspecified atom stereocenters. The predicted octanol–water partition coefficient (Wildman–Crippen LogP) is 3.97. The lowest BCUT2D eigenvalue weighted by Crippen LogP contribution is -2.32. The van der Waals surface area contributed by atoms with Gasteiger partial charge in [0, 0.05) is 24.3 Å². The number of benzene rings is 1. The molecule has 8 heteroatoms. The van der Waals surface area contributed by atoms with E-state index in [9.17, 15) is 0 Å². The zero-order chi connectivity index (χ0) is 21.6. The highest BCUT2D eigenvalue weighted by atomic mass is 32.2. The summed E-state index contributed by atoms with van der Waals surface area (Å²) < 4.78 is 11.3. The van der Waals surface area contributed by atoms with Crippen molar-refractivity contribution in [3.63, 3.8) is 0 Å². The largest absolute Gasteiger partial charge is 0.492 e. The number of hydrogen-bond acceptors (Lipinski definition) is 7. The highest BCUT2D eigenvalue weighted by Crippen LogP contribution is 2.40. The molecule has 1 saturated carbocycles. The van der Waals surface area contributed by atoms with Gasteiger partial charge in [0.15, 0.2) is 0 Å². The zero-order valence-electron chi connectivity index (χ0n) is 18.4. The number of fused-ring (bicyclic) bond motifs is 1. The van der Waals surface area contributed by atoms with Crippen molar-refractivity contribution in [3.05, 3.63) is 36.8 Å². The van der Waals surface area contributed by atoms with E-state index in [1.54, 1.807) is 18.3 Å². The number of rotatable bonds is 7. The summed E-state index contributed by atoms with van der Waals surface area (Å²) in [5.74, 6) is 1.38. The molecule has 1 aromatic carbocycles. The average Bonchev–Trinajstić information content (AvgIpc) is 3.10. The normalized spacial score (nSPS) is 16.3. The Morgan fingerprint density at radius 3 is 2.68 bits per heavy atom. The van der Waals surface area contributed by atoms with E-state index >= 15 is 0 Å². The van der Waals surface area contributed by atoms with Gasteiger partial charge in [0.1, 0.15) is 30.1 Å². The first-order chi connectivity index (χ1) is 15.2. The molecule has 5 rings (SSSR count). The minimum Gasteiger partial charge on any atom is -0.492 e. The molecule has 2 aliphatic rings. The quantitative estimate of drug-likeness (QED) is 0.425. The summed E-state index contributed by atoms with van der Waals surface area (Å²) in [5, 5.41) is 0.931. The zero-order valence-corrected chi connectivity index (χ0v) is 19.2. The van der Waals surface area contributed by atoms with Gasteiger partial charge in [-0.2, -0.15) is 0 Å². The maximum absolute atomic E-state index is 6.21. The second-order valence-electron chi connectivity index (χ2n) is 8.12. The number of nitrogens with two attached hydrogens (primary N) is 1. The van der Waals surface area contributed by atoms with Crippen molar-refractivity contribution in [3.8, 4) is 16.9 Å². The molecule has 0 radical (unpaired) electrons. The highest BCUT2D eigenvalue weighted by molar-refractivity contribution is 7.96. The van der Waals surface area contributed by atoms with E-state index < -0.39 is 0 Å². The summed E-state index contributed by atoms with van der Waals surface area (Å²) in [6.07, 6.45) is 10.8. The first-order valence-corrected chi connectivity index (χ1v) is 12.2. The first kappa shape index (κ1) is 21.9. The van der Waals surface area contributed by atoms with Crippen LogP contribution in [0.5, 0.6) is 5.75 Å². The standard InChI is InChI=1S/C19H23N5OS.C4H9N/c1-26-23-8-9-25-15-7-2-4-13(10-15)16-11-24(14-5-3-6-14)19-17(16)18(20)21-12-22-19;1-5-3-2-4-5/h2,4,7,10-12,14,23H,3,5-6,8-9H2,1H3,(H2,20,21,22);2-4H2,1H3. The fourth-order valence-electron chi connectivity index (χ4n) is 3.81. The summed E-state index contributed by atoms with van der Waals surface area (Å²) in [7, 11) is 2.14. The molecule has 1 aliphatic heterocycles. The molecule has 7 nitrogen and oxygen atoms in total. The third-order valence-corrected chi connectivity index (χ3v) is 6.44. The molecule has 0 amide bonds. The maximum Gasteiger partial charge on any atom is 0.146 e. The average molecular weight is 441 g/mol. The number of nitrogens with zero attached hydrogens (tertiary/aromatic N) is 4. The molecule has 1 saturated heterocycles. The molecule has 31 heavy (non-hydrogen) atoms. The van der Waals surface area contributed by atoms with Crippen LogP contribution < -0.4 is 15.2 Å². The predicted molar refractivity (Wildman–Crippen MR) is 129 cm³/mol. The van der Waals surface area contributed by atoms with Gasteiger partial charge in [0.25, 0.3) is 0 Å². The van der Waals surface area contributed by atoms with Crippen LogP contribution in [-0.2, 0) is 0 Å². The van der Waals surface area contributed by atoms with E-state index in [1.807, 2.05) is 18.4 Å². The van der Waals surface area contributed by atoms with Crippen LogP contribution in [0.1, 0.15) is 31.7 Å². The van der Waals surface area contributed by atoms with Crippen LogP contribution in [-0.4, -0.2) is 59.0 Å². The summed E-state index contributed by atoms with van der Waals surface area (Å²) in [6, 6.07) is 8.65. The third kappa shape index (κ3) is 5.14. The van der Waals surface area contributed by atoms with Gasteiger partial charge in [-0.3, -0.25) is 4.72 Å². The first-order valence-electron chi connectivity index (χ1n) is 11.0. The molecule has 2 fully saturated rings. The van der Waals surface area contributed by atoms with Gasteiger partial charge in [0.2, 0.25) is 0 Å². The Bertz CT molecular complexity index is 999. The molecule has 2 aromatic heterocycles. The Kier molecular flexibility index (Phi) is 7.32. The lowest BCUT2D eigenvalue weighted by atomic mass is 9.93. The lowest BCUT2D eigenvalue weighted by molar-refractivity contribution is 0.229. The second kappa shape index (κ2) is 10.3. The minimum atomic E-state index is 0.512. The molecule has 0 bridgehead atoms. The molecule has 3 N–H and O–H groups in total. The van der Waals surface area contributed by atoms with Gasteiger partial charge in [-0.15, -0.1) is 0 Å². The summed E-state index contributed by atoms with van der Waals surface area (Å²) in [5.41, 5.74) is 9.28. The van der Waals surface area contributed by atoms with Crippen molar-refractivity contribution in [1.82, 2.24) is 24.2 Å². The molecule has 0 spiro atoms.